The van der Waals surface area contributed by atoms with Gasteiger partial charge in [-0.15, -0.1) is 0 Å². The molecule has 19 heavy (non-hydrogen) atoms. The van der Waals surface area contributed by atoms with Gasteiger partial charge in [0.15, 0.2) is 0 Å². The van der Waals surface area contributed by atoms with E-state index >= 15 is 0 Å². The van der Waals surface area contributed by atoms with E-state index in [9.17, 15) is 4.79 Å². The molecule has 2 N–H and O–H groups in total. The molecule has 0 aliphatic carbocycles. The van der Waals surface area contributed by atoms with E-state index in [4.69, 9.17) is 0 Å². The fraction of sp³-hybridized carbons (Fsp3) is 0.562. The van der Waals surface area contributed by atoms with Gasteiger partial charge in [0.25, 0.3) is 5.91 Å². The van der Waals surface area contributed by atoms with Crippen molar-refractivity contribution in [3.63, 3.8) is 0 Å². The van der Waals surface area contributed by atoms with Gasteiger partial charge in [0.05, 0.1) is 0 Å². The summed E-state index contributed by atoms with van der Waals surface area (Å²) in [6, 6.07) is 8.31. The number of hydrogen-bond acceptors (Lipinski definition) is 2. The first-order chi connectivity index (χ1) is 8.93. The Morgan fingerprint density at radius 3 is 2.11 bits per heavy atom. The van der Waals surface area contributed by atoms with E-state index in [1.54, 1.807) is 0 Å². The molecule has 0 bridgehead atoms. The second-order valence-corrected chi connectivity index (χ2v) is 5.61. The number of nitrogens with one attached hydrogen (secondary N) is 2. The third kappa shape index (κ3) is 4.93. The van der Waals surface area contributed by atoms with Crippen molar-refractivity contribution >= 4 is 11.6 Å². The first-order valence-corrected chi connectivity index (χ1v) is 7.11. The SMILES string of the molecule is CCC(Nc1ccc(C(=O)NC(C)C)cc1)C(C)C. The Bertz CT molecular complexity index is 396. The Kier molecular flexibility index (Phi) is 5.87. The van der Waals surface area contributed by atoms with Crippen molar-refractivity contribution in [1.82, 2.24) is 5.32 Å². The number of benzene rings is 1. The molecule has 0 radical (unpaired) electrons. The lowest BCUT2D eigenvalue weighted by atomic mass is 10.0. The minimum Gasteiger partial charge on any atom is -0.382 e. The molecule has 1 amide bonds. The summed E-state index contributed by atoms with van der Waals surface area (Å²) < 4.78 is 0. The van der Waals surface area contributed by atoms with Gasteiger partial charge in [0.1, 0.15) is 0 Å². The summed E-state index contributed by atoms with van der Waals surface area (Å²) in [6.45, 7) is 10.5. The van der Waals surface area contributed by atoms with E-state index in [2.05, 4.69) is 31.4 Å². The van der Waals surface area contributed by atoms with Crippen LogP contribution in [0.1, 0.15) is 51.4 Å². The van der Waals surface area contributed by atoms with Crippen molar-refractivity contribution < 1.29 is 4.79 Å². The van der Waals surface area contributed by atoms with Gasteiger partial charge in [0, 0.05) is 23.3 Å². The Hall–Kier alpha value is -1.51. The third-order valence-electron chi connectivity index (χ3n) is 3.16. The lowest BCUT2D eigenvalue weighted by molar-refractivity contribution is 0.0943. The summed E-state index contributed by atoms with van der Waals surface area (Å²) in [4.78, 5) is 11.8. The second-order valence-electron chi connectivity index (χ2n) is 5.61. The van der Waals surface area contributed by atoms with Gasteiger partial charge in [-0.25, -0.2) is 0 Å². The van der Waals surface area contributed by atoms with Crippen LogP contribution in [-0.2, 0) is 0 Å². The van der Waals surface area contributed by atoms with Crippen LogP contribution >= 0.6 is 0 Å². The van der Waals surface area contributed by atoms with Crippen molar-refractivity contribution in [2.24, 2.45) is 5.92 Å². The van der Waals surface area contributed by atoms with E-state index in [1.807, 2.05) is 38.1 Å². The monoisotopic (exact) mass is 262 g/mol. The highest BCUT2D eigenvalue weighted by Crippen LogP contribution is 2.16. The first kappa shape index (κ1) is 15.5. The van der Waals surface area contributed by atoms with Gasteiger partial charge in [0.2, 0.25) is 0 Å². The minimum atomic E-state index is -0.0162. The molecular formula is C16H26N2O. The Labute approximate surface area is 116 Å². The number of amides is 1. The molecule has 1 atom stereocenters. The fourth-order valence-corrected chi connectivity index (χ4v) is 2.02. The minimum absolute atomic E-state index is 0.0162. The topological polar surface area (TPSA) is 41.1 Å². The predicted octanol–water partition coefficient (Wildman–Crippen LogP) is 3.67. The molecule has 0 spiro atoms. The molecule has 0 heterocycles. The molecule has 1 aromatic rings. The maximum atomic E-state index is 11.8. The average Bonchev–Trinajstić information content (AvgIpc) is 2.35. The van der Waals surface area contributed by atoms with Gasteiger partial charge >= 0.3 is 0 Å². The highest BCUT2D eigenvalue weighted by atomic mass is 16.1. The summed E-state index contributed by atoms with van der Waals surface area (Å²) in [5.74, 6) is 0.575. The summed E-state index contributed by atoms with van der Waals surface area (Å²) in [5, 5.41) is 6.39. The standard InChI is InChI=1S/C16H26N2O/c1-6-15(11(2)3)18-14-9-7-13(8-10-14)16(19)17-12(4)5/h7-12,15,18H,6H2,1-5H3,(H,17,19). The van der Waals surface area contributed by atoms with Crippen LogP contribution in [0.15, 0.2) is 24.3 Å². The van der Waals surface area contributed by atoms with Crippen LogP contribution in [0.5, 0.6) is 0 Å². The van der Waals surface area contributed by atoms with E-state index in [0.717, 1.165) is 12.1 Å². The molecule has 1 unspecified atom stereocenters. The van der Waals surface area contributed by atoms with Gasteiger partial charge in [-0.2, -0.15) is 0 Å². The molecule has 1 aromatic carbocycles. The molecule has 3 heteroatoms. The summed E-state index contributed by atoms with van der Waals surface area (Å²) in [5.41, 5.74) is 1.78. The summed E-state index contributed by atoms with van der Waals surface area (Å²) in [6.07, 6.45) is 1.09. The molecule has 106 valence electrons. The highest BCUT2D eigenvalue weighted by molar-refractivity contribution is 5.94. The Balaban J connectivity index is 2.68. The molecule has 0 aliphatic heterocycles. The van der Waals surface area contributed by atoms with Crippen LogP contribution in [0, 0.1) is 5.92 Å². The van der Waals surface area contributed by atoms with Crippen molar-refractivity contribution in [3.05, 3.63) is 29.8 Å². The van der Waals surface area contributed by atoms with Crippen molar-refractivity contribution in [2.45, 2.75) is 53.1 Å². The van der Waals surface area contributed by atoms with Gasteiger partial charge < -0.3 is 10.6 Å². The molecule has 3 nitrogen and oxygen atoms in total. The van der Waals surface area contributed by atoms with E-state index in [0.29, 0.717) is 17.5 Å². The van der Waals surface area contributed by atoms with Gasteiger partial charge in [-0.1, -0.05) is 20.8 Å². The molecular weight excluding hydrogens is 236 g/mol. The van der Waals surface area contributed by atoms with Crippen LogP contribution in [0.2, 0.25) is 0 Å². The lowest BCUT2D eigenvalue weighted by Gasteiger charge is -2.22. The number of carbonyl (C=O) groups is 1. The maximum Gasteiger partial charge on any atom is 0.251 e. The molecule has 0 saturated carbocycles. The van der Waals surface area contributed by atoms with Crippen LogP contribution in [-0.4, -0.2) is 18.0 Å². The zero-order valence-corrected chi connectivity index (χ0v) is 12.7. The van der Waals surface area contributed by atoms with E-state index in [1.165, 1.54) is 0 Å². The molecule has 0 aromatic heterocycles. The average molecular weight is 262 g/mol. The van der Waals surface area contributed by atoms with E-state index < -0.39 is 0 Å². The zero-order valence-electron chi connectivity index (χ0n) is 12.7. The van der Waals surface area contributed by atoms with Crippen LogP contribution in [0.25, 0.3) is 0 Å². The lowest BCUT2D eigenvalue weighted by Crippen LogP contribution is -2.30. The first-order valence-electron chi connectivity index (χ1n) is 7.11. The van der Waals surface area contributed by atoms with Gasteiger partial charge in [-0.05, 0) is 50.5 Å². The summed E-state index contributed by atoms with van der Waals surface area (Å²) >= 11 is 0. The molecule has 1 rings (SSSR count). The number of rotatable bonds is 6. The highest BCUT2D eigenvalue weighted by Gasteiger charge is 2.11. The molecule has 0 fully saturated rings. The zero-order chi connectivity index (χ0) is 14.4. The number of anilines is 1. The third-order valence-corrected chi connectivity index (χ3v) is 3.16. The van der Waals surface area contributed by atoms with Crippen molar-refractivity contribution in [3.8, 4) is 0 Å². The maximum absolute atomic E-state index is 11.8. The van der Waals surface area contributed by atoms with Crippen LogP contribution in [0.4, 0.5) is 5.69 Å². The van der Waals surface area contributed by atoms with Crippen molar-refractivity contribution in [1.29, 1.82) is 0 Å². The quantitative estimate of drug-likeness (QED) is 0.821. The molecule has 0 saturated heterocycles. The normalized spacial score (nSPS) is 12.6. The largest absolute Gasteiger partial charge is 0.382 e. The number of hydrogen-bond donors (Lipinski definition) is 2. The van der Waals surface area contributed by atoms with Crippen LogP contribution < -0.4 is 10.6 Å². The second kappa shape index (κ2) is 7.17. The van der Waals surface area contributed by atoms with E-state index in [-0.39, 0.29) is 11.9 Å². The fourth-order valence-electron chi connectivity index (χ4n) is 2.02. The smallest absolute Gasteiger partial charge is 0.251 e. The van der Waals surface area contributed by atoms with Crippen LogP contribution in [0.3, 0.4) is 0 Å². The molecule has 0 aliphatic rings. The van der Waals surface area contributed by atoms with Gasteiger partial charge in [-0.3, -0.25) is 4.79 Å². The van der Waals surface area contributed by atoms with Crippen molar-refractivity contribution in [2.75, 3.05) is 5.32 Å². The predicted molar refractivity (Wildman–Crippen MR) is 81.6 cm³/mol. The summed E-state index contributed by atoms with van der Waals surface area (Å²) in [7, 11) is 0. The number of carbonyl (C=O) groups excluding carboxylic acids is 1. The Morgan fingerprint density at radius 1 is 1.11 bits per heavy atom. The Morgan fingerprint density at radius 2 is 1.68 bits per heavy atom.